The predicted octanol–water partition coefficient (Wildman–Crippen LogP) is 2.78. The molecule has 134 valence electrons. The summed E-state index contributed by atoms with van der Waals surface area (Å²) >= 11 is 5.39. The number of nitrogens with zero attached hydrogens (tertiary/aromatic N) is 2. The van der Waals surface area contributed by atoms with Crippen LogP contribution in [0.3, 0.4) is 0 Å². The van der Waals surface area contributed by atoms with E-state index in [0.717, 1.165) is 24.1 Å². The van der Waals surface area contributed by atoms with Crippen LogP contribution in [0.5, 0.6) is 0 Å². The fourth-order valence-corrected chi connectivity index (χ4v) is 5.05. The number of fused-ring (bicyclic) bond motifs is 3. The summed E-state index contributed by atoms with van der Waals surface area (Å²) in [5.74, 6) is 3.39. The Kier molecular flexibility index (Phi) is 4.14. The van der Waals surface area contributed by atoms with E-state index in [9.17, 15) is 9.59 Å². The van der Waals surface area contributed by atoms with Crippen molar-refractivity contribution in [1.29, 1.82) is 0 Å². The Balaban J connectivity index is 1.80. The van der Waals surface area contributed by atoms with Crippen molar-refractivity contribution in [1.82, 2.24) is 19.5 Å². The molecule has 25 heavy (non-hydrogen) atoms. The molecule has 3 atom stereocenters. The molecule has 2 saturated carbocycles. The van der Waals surface area contributed by atoms with Crippen LogP contribution in [0.4, 0.5) is 0 Å². The van der Waals surface area contributed by atoms with Gasteiger partial charge in [0.2, 0.25) is 0 Å². The average molecular weight is 360 g/mol. The minimum absolute atomic E-state index is 0.274. The van der Waals surface area contributed by atoms with E-state index in [0.29, 0.717) is 23.5 Å². The van der Waals surface area contributed by atoms with Crippen LogP contribution in [0.1, 0.15) is 45.4 Å². The summed E-state index contributed by atoms with van der Waals surface area (Å²) < 4.78 is 1.87. The highest BCUT2D eigenvalue weighted by Gasteiger charge is 2.39. The van der Waals surface area contributed by atoms with E-state index in [1.807, 2.05) is 13.8 Å². The first-order valence-electron chi connectivity index (χ1n) is 9.18. The summed E-state index contributed by atoms with van der Waals surface area (Å²) in [6.45, 7) is 4.60. The van der Waals surface area contributed by atoms with Gasteiger partial charge in [-0.2, -0.15) is 0 Å². The summed E-state index contributed by atoms with van der Waals surface area (Å²) in [4.78, 5) is 34.6. The maximum atomic E-state index is 12.3. The van der Waals surface area contributed by atoms with Gasteiger partial charge in [-0.25, -0.2) is 9.78 Å². The molecule has 0 radical (unpaired) electrons. The Morgan fingerprint density at radius 2 is 2.04 bits per heavy atom. The molecule has 2 aromatic heterocycles. The van der Waals surface area contributed by atoms with Crippen LogP contribution in [0.25, 0.3) is 11.0 Å². The highest BCUT2D eigenvalue weighted by atomic mass is 32.1. The predicted molar refractivity (Wildman–Crippen MR) is 99.3 cm³/mol. The zero-order valence-corrected chi connectivity index (χ0v) is 15.5. The van der Waals surface area contributed by atoms with Gasteiger partial charge in [-0.3, -0.25) is 14.3 Å². The minimum atomic E-state index is -0.458. The summed E-state index contributed by atoms with van der Waals surface area (Å²) in [7, 11) is 0. The van der Waals surface area contributed by atoms with Gasteiger partial charge in [0.25, 0.3) is 5.56 Å². The number of hydrogen-bond donors (Lipinski definition) is 2. The third kappa shape index (κ3) is 2.99. The van der Waals surface area contributed by atoms with E-state index in [1.54, 1.807) is 4.57 Å². The van der Waals surface area contributed by atoms with Crippen LogP contribution >= 0.6 is 12.2 Å². The number of hydrogen-bond acceptors (Lipinski definition) is 4. The van der Waals surface area contributed by atoms with Crippen molar-refractivity contribution in [3.05, 3.63) is 31.3 Å². The van der Waals surface area contributed by atoms with E-state index < -0.39 is 11.2 Å². The molecule has 2 fully saturated rings. The normalized spacial score (nSPS) is 25.3. The molecule has 4 rings (SSSR count). The van der Waals surface area contributed by atoms with Crippen molar-refractivity contribution >= 4 is 23.3 Å². The largest absolute Gasteiger partial charge is 0.329 e. The standard InChI is InChI=1S/C18H24N4O2S/c1-9(2)8-22-15-14(16(23)21-18(22)24)17(25)20-13(19-15)7-12-6-10-3-4-11(12)5-10/h9-12H,3-8H2,1-2H3,(H,19,20,25)(H,21,23,24)/t10-,11-,12+/m0/s1. The van der Waals surface area contributed by atoms with Crippen LogP contribution in [-0.2, 0) is 13.0 Å². The molecule has 0 amide bonds. The second-order valence-electron chi connectivity index (χ2n) is 8.12. The lowest BCUT2D eigenvalue weighted by Crippen LogP contribution is -2.32. The summed E-state index contributed by atoms with van der Waals surface area (Å²) in [6, 6.07) is 0. The van der Waals surface area contributed by atoms with Gasteiger partial charge in [0.05, 0.1) is 0 Å². The molecule has 2 bridgehead atoms. The zero-order chi connectivity index (χ0) is 17.7. The lowest BCUT2D eigenvalue weighted by Gasteiger charge is -2.21. The first kappa shape index (κ1) is 16.7. The molecular weight excluding hydrogens is 336 g/mol. The SMILES string of the molecule is CC(C)Cn1c(=O)[nH]c(=O)c2c(=S)nc(C[C@H]3C[C@H]4CC[C@H]3C4)[nH]c21. The van der Waals surface area contributed by atoms with Gasteiger partial charge in [0.1, 0.15) is 21.5 Å². The van der Waals surface area contributed by atoms with Gasteiger partial charge in [0, 0.05) is 13.0 Å². The van der Waals surface area contributed by atoms with Gasteiger partial charge >= 0.3 is 5.69 Å². The van der Waals surface area contributed by atoms with Crippen molar-refractivity contribution in [2.24, 2.45) is 23.7 Å². The van der Waals surface area contributed by atoms with Crippen molar-refractivity contribution in [2.45, 2.75) is 52.5 Å². The van der Waals surface area contributed by atoms with Crippen LogP contribution in [0.2, 0.25) is 0 Å². The monoisotopic (exact) mass is 360 g/mol. The van der Waals surface area contributed by atoms with Crippen molar-refractivity contribution in [3.63, 3.8) is 0 Å². The second-order valence-corrected chi connectivity index (χ2v) is 8.50. The van der Waals surface area contributed by atoms with E-state index in [-0.39, 0.29) is 10.6 Å². The minimum Gasteiger partial charge on any atom is -0.329 e. The van der Waals surface area contributed by atoms with Crippen molar-refractivity contribution in [2.75, 3.05) is 0 Å². The fourth-order valence-electron chi connectivity index (χ4n) is 4.75. The zero-order valence-electron chi connectivity index (χ0n) is 14.7. The quantitative estimate of drug-likeness (QED) is 0.821. The van der Waals surface area contributed by atoms with Crippen molar-refractivity contribution < 1.29 is 0 Å². The first-order chi connectivity index (χ1) is 11.9. The van der Waals surface area contributed by atoms with Gasteiger partial charge in [-0.05, 0) is 42.9 Å². The maximum absolute atomic E-state index is 12.3. The number of rotatable bonds is 4. The lowest BCUT2D eigenvalue weighted by atomic mass is 9.86. The van der Waals surface area contributed by atoms with Crippen LogP contribution in [0.15, 0.2) is 9.59 Å². The number of H-pyrrole nitrogens is 2. The highest BCUT2D eigenvalue weighted by Crippen LogP contribution is 2.49. The molecule has 0 unspecified atom stereocenters. The van der Waals surface area contributed by atoms with Crippen LogP contribution < -0.4 is 11.2 Å². The summed E-state index contributed by atoms with van der Waals surface area (Å²) in [5, 5.41) is 0.312. The molecule has 2 N–H and O–H groups in total. The van der Waals surface area contributed by atoms with Gasteiger partial charge in [-0.15, -0.1) is 0 Å². The maximum Gasteiger partial charge on any atom is 0.329 e. The molecule has 0 aliphatic heterocycles. The number of aromatic amines is 2. The van der Waals surface area contributed by atoms with Crippen LogP contribution in [0, 0.1) is 28.3 Å². The third-order valence-corrected chi connectivity index (χ3v) is 6.10. The third-order valence-electron chi connectivity index (χ3n) is 5.80. The van der Waals surface area contributed by atoms with Gasteiger partial charge < -0.3 is 4.98 Å². The van der Waals surface area contributed by atoms with Gasteiger partial charge in [0.15, 0.2) is 0 Å². The molecule has 0 saturated heterocycles. The molecule has 0 spiro atoms. The Morgan fingerprint density at radius 1 is 1.24 bits per heavy atom. The number of nitrogens with one attached hydrogen (secondary N) is 2. The molecule has 7 heteroatoms. The average Bonchev–Trinajstić information content (AvgIpc) is 3.13. The number of aromatic nitrogens is 4. The van der Waals surface area contributed by atoms with Crippen molar-refractivity contribution in [3.8, 4) is 0 Å². The smallest absolute Gasteiger partial charge is 0.329 e. The molecule has 2 aromatic rings. The topological polar surface area (TPSA) is 83.5 Å². The molecule has 6 nitrogen and oxygen atoms in total. The Morgan fingerprint density at radius 3 is 2.68 bits per heavy atom. The Labute approximate surface area is 150 Å². The second kappa shape index (κ2) is 6.20. The van der Waals surface area contributed by atoms with E-state index >= 15 is 0 Å². The molecule has 2 heterocycles. The first-order valence-corrected chi connectivity index (χ1v) is 9.59. The molecule has 2 aliphatic rings. The summed E-state index contributed by atoms with van der Waals surface area (Å²) in [5.41, 5.74) is -0.338. The van der Waals surface area contributed by atoms with E-state index in [1.165, 1.54) is 25.7 Å². The van der Waals surface area contributed by atoms with E-state index in [2.05, 4.69) is 15.0 Å². The fraction of sp³-hybridized carbons (Fsp3) is 0.667. The Bertz CT molecular complexity index is 987. The Hall–Kier alpha value is -1.76. The molecular formula is C18H24N4O2S. The molecule has 2 aliphatic carbocycles. The lowest BCUT2D eigenvalue weighted by molar-refractivity contribution is 0.326. The molecule has 0 aromatic carbocycles. The highest BCUT2D eigenvalue weighted by molar-refractivity contribution is 7.71. The van der Waals surface area contributed by atoms with Crippen LogP contribution in [-0.4, -0.2) is 19.5 Å². The van der Waals surface area contributed by atoms with Gasteiger partial charge in [-0.1, -0.05) is 32.5 Å². The summed E-state index contributed by atoms with van der Waals surface area (Å²) in [6.07, 6.45) is 6.15. The van der Waals surface area contributed by atoms with E-state index in [4.69, 9.17) is 12.2 Å².